The first kappa shape index (κ1) is 13.5. The zero-order chi connectivity index (χ0) is 12.0. The Bertz CT molecular complexity index is 311. The topological polar surface area (TPSA) is 26.0 Å². The quantitative estimate of drug-likeness (QED) is 0.780. The molecule has 0 spiro atoms. The van der Waals surface area contributed by atoms with Gasteiger partial charge in [-0.1, -0.05) is 6.92 Å². The summed E-state index contributed by atoms with van der Waals surface area (Å²) < 4.78 is 25.8. The lowest BCUT2D eigenvalue weighted by molar-refractivity contribution is 0.577. The highest BCUT2D eigenvalue weighted by Gasteiger charge is 2.06. The summed E-state index contributed by atoms with van der Waals surface area (Å²) in [6.07, 6.45) is 1.64. The number of rotatable bonds is 6. The molecule has 0 aliphatic carbocycles. The first-order chi connectivity index (χ1) is 7.61. The van der Waals surface area contributed by atoms with Crippen molar-refractivity contribution in [2.75, 3.05) is 11.5 Å². The molecule has 1 atom stereocenters. The highest BCUT2D eigenvalue weighted by molar-refractivity contribution is 7.99. The molecule has 1 aromatic rings. The van der Waals surface area contributed by atoms with E-state index in [0.29, 0.717) is 12.0 Å². The third-order valence-electron chi connectivity index (χ3n) is 2.10. The predicted octanol–water partition coefficient (Wildman–Crippen LogP) is 2.98. The summed E-state index contributed by atoms with van der Waals surface area (Å²) in [7, 11) is 0. The van der Waals surface area contributed by atoms with Crippen molar-refractivity contribution < 1.29 is 8.78 Å². The minimum Gasteiger partial charge on any atom is -0.327 e. The Hall–Kier alpha value is -0.610. The molecule has 16 heavy (non-hydrogen) atoms. The average molecular weight is 245 g/mol. The zero-order valence-corrected chi connectivity index (χ0v) is 10.2. The molecular formula is C12H17F2NS. The molecule has 1 rings (SSSR count). The largest absolute Gasteiger partial charge is 0.327 e. The summed E-state index contributed by atoms with van der Waals surface area (Å²) in [5.74, 6) is 0.823. The van der Waals surface area contributed by atoms with Crippen molar-refractivity contribution in [1.82, 2.24) is 0 Å². The van der Waals surface area contributed by atoms with Gasteiger partial charge >= 0.3 is 0 Å². The van der Waals surface area contributed by atoms with Crippen LogP contribution in [0.2, 0.25) is 0 Å². The van der Waals surface area contributed by atoms with E-state index >= 15 is 0 Å². The number of halogens is 2. The molecule has 1 unspecified atom stereocenters. The lowest BCUT2D eigenvalue weighted by atomic mass is 10.1. The van der Waals surface area contributed by atoms with Crippen molar-refractivity contribution in [3.05, 3.63) is 35.4 Å². The smallest absolute Gasteiger partial charge is 0.126 e. The number of thioether (sulfide) groups is 1. The summed E-state index contributed by atoms with van der Waals surface area (Å²) >= 11 is 1.78. The number of nitrogens with two attached hydrogens (primary N) is 1. The van der Waals surface area contributed by atoms with Gasteiger partial charge in [-0.05, 0) is 36.3 Å². The molecule has 4 heteroatoms. The summed E-state index contributed by atoms with van der Waals surface area (Å²) in [6, 6.07) is 3.51. The van der Waals surface area contributed by atoms with Gasteiger partial charge in [0.15, 0.2) is 0 Å². The SMILES string of the molecule is CCCSCC(N)Cc1cc(F)cc(F)c1. The van der Waals surface area contributed by atoms with Crippen LogP contribution in [0, 0.1) is 11.6 Å². The molecule has 0 fully saturated rings. The van der Waals surface area contributed by atoms with Crippen molar-refractivity contribution in [3.8, 4) is 0 Å². The molecule has 0 bridgehead atoms. The molecule has 90 valence electrons. The molecule has 1 nitrogen and oxygen atoms in total. The van der Waals surface area contributed by atoms with Gasteiger partial charge in [0.2, 0.25) is 0 Å². The second-order valence-corrected chi connectivity index (χ2v) is 4.97. The van der Waals surface area contributed by atoms with Crippen LogP contribution in [-0.4, -0.2) is 17.5 Å². The predicted molar refractivity (Wildman–Crippen MR) is 65.7 cm³/mol. The molecule has 0 aromatic heterocycles. The van der Waals surface area contributed by atoms with E-state index < -0.39 is 11.6 Å². The first-order valence-electron chi connectivity index (χ1n) is 5.40. The monoisotopic (exact) mass is 245 g/mol. The minimum atomic E-state index is -0.539. The van der Waals surface area contributed by atoms with Crippen LogP contribution in [0.4, 0.5) is 8.78 Å². The third kappa shape index (κ3) is 4.94. The summed E-state index contributed by atoms with van der Waals surface area (Å²) in [5.41, 5.74) is 6.51. The van der Waals surface area contributed by atoms with E-state index in [-0.39, 0.29) is 6.04 Å². The van der Waals surface area contributed by atoms with Crippen LogP contribution in [-0.2, 0) is 6.42 Å². The van der Waals surface area contributed by atoms with Crippen LogP contribution in [0.5, 0.6) is 0 Å². The normalized spacial score (nSPS) is 12.8. The van der Waals surface area contributed by atoms with E-state index in [1.807, 2.05) is 0 Å². The maximum atomic E-state index is 12.9. The Labute approximate surface area is 99.4 Å². The fourth-order valence-electron chi connectivity index (χ4n) is 1.47. The second-order valence-electron chi connectivity index (χ2n) is 3.82. The average Bonchev–Trinajstić information content (AvgIpc) is 2.16. The molecule has 0 saturated heterocycles. The van der Waals surface area contributed by atoms with Gasteiger partial charge in [-0.3, -0.25) is 0 Å². The molecular weight excluding hydrogens is 228 g/mol. The standard InChI is InChI=1S/C12H17F2NS/c1-2-3-16-8-12(15)6-9-4-10(13)7-11(14)5-9/h4-5,7,12H,2-3,6,8,15H2,1H3. The second kappa shape index (κ2) is 6.86. The highest BCUT2D eigenvalue weighted by atomic mass is 32.2. The Morgan fingerprint density at radius 3 is 2.44 bits per heavy atom. The van der Waals surface area contributed by atoms with Gasteiger partial charge in [0.25, 0.3) is 0 Å². The number of benzene rings is 1. The van der Waals surface area contributed by atoms with Gasteiger partial charge in [0.1, 0.15) is 11.6 Å². The van der Waals surface area contributed by atoms with Crippen LogP contribution in [0.25, 0.3) is 0 Å². The molecule has 2 N–H and O–H groups in total. The van der Waals surface area contributed by atoms with Crippen molar-refractivity contribution in [2.24, 2.45) is 5.73 Å². The van der Waals surface area contributed by atoms with Crippen molar-refractivity contribution in [2.45, 2.75) is 25.8 Å². The lowest BCUT2D eigenvalue weighted by Crippen LogP contribution is -2.25. The summed E-state index contributed by atoms with van der Waals surface area (Å²) in [6.45, 7) is 2.11. The first-order valence-corrected chi connectivity index (χ1v) is 6.55. The van der Waals surface area contributed by atoms with Crippen LogP contribution < -0.4 is 5.73 Å². The van der Waals surface area contributed by atoms with Gasteiger partial charge < -0.3 is 5.73 Å². The summed E-state index contributed by atoms with van der Waals surface area (Å²) in [5, 5.41) is 0. The van der Waals surface area contributed by atoms with Crippen molar-refractivity contribution >= 4 is 11.8 Å². The Kier molecular flexibility index (Phi) is 5.77. The maximum Gasteiger partial charge on any atom is 0.126 e. The zero-order valence-electron chi connectivity index (χ0n) is 9.38. The number of hydrogen-bond acceptors (Lipinski definition) is 2. The third-order valence-corrected chi connectivity index (χ3v) is 3.46. The van der Waals surface area contributed by atoms with Crippen LogP contribution >= 0.6 is 11.8 Å². The van der Waals surface area contributed by atoms with E-state index in [1.54, 1.807) is 11.8 Å². The van der Waals surface area contributed by atoms with E-state index in [1.165, 1.54) is 12.1 Å². The maximum absolute atomic E-state index is 12.9. The molecule has 0 heterocycles. The van der Waals surface area contributed by atoms with Gasteiger partial charge in [-0.15, -0.1) is 0 Å². The Morgan fingerprint density at radius 1 is 1.25 bits per heavy atom. The fraction of sp³-hybridized carbons (Fsp3) is 0.500. The summed E-state index contributed by atoms with van der Waals surface area (Å²) in [4.78, 5) is 0. The molecule has 0 aliphatic heterocycles. The van der Waals surface area contributed by atoms with Crippen molar-refractivity contribution in [1.29, 1.82) is 0 Å². The van der Waals surface area contributed by atoms with E-state index in [9.17, 15) is 8.78 Å². The fourth-order valence-corrected chi connectivity index (χ4v) is 2.35. The van der Waals surface area contributed by atoms with E-state index in [4.69, 9.17) is 5.73 Å². The molecule has 0 radical (unpaired) electrons. The van der Waals surface area contributed by atoms with Gasteiger partial charge in [0, 0.05) is 17.9 Å². The minimum absolute atomic E-state index is 0.0438. The van der Waals surface area contributed by atoms with Crippen LogP contribution in [0.1, 0.15) is 18.9 Å². The van der Waals surface area contributed by atoms with Crippen molar-refractivity contribution in [3.63, 3.8) is 0 Å². The molecule has 0 saturated carbocycles. The van der Waals surface area contributed by atoms with Gasteiger partial charge in [-0.2, -0.15) is 11.8 Å². The van der Waals surface area contributed by atoms with Crippen LogP contribution in [0.15, 0.2) is 18.2 Å². The molecule has 1 aromatic carbocycles. The Balaban J connectivity index is 2.45. The van der Waals surface area contributed by atoms with E-state index in [2.05, 4.69) is 6.92 Å². The molecule has 0 amide bonds. The van der Waals surface area contributed by atoms with E-state index in [0.717, 1.165) is 24.0 Å². The van der Waals surface area contributed by atoms with Gasteiger partial charge in [-0.25, -0.2) is 8.78 Å². The lowest BCUT2D eigenvalue weighted by Gasteiger charge is -2.11. The molecule has 0 aliphatic rings. The van der Waals surface area contributed by atoms with Gasteiger partial charge in [0.05, 0.1) is 0 Å². The Morgan fingerprint density at radius 2 is 1.88 bits per heavy atom. The van der Waals surface area contributed by atoms with Crippen LogP contribution in [0.3, 0.4) is 0 Å². The number of hydrogen-bond donors (Lipinski definition) is 1. The highest BCUT2D eigenvalue weighted by Crippen LogP contribution is 2.12.